The van der Waals surface area contributed by atoms with Crippen LogP contribution < -0.4 is 0 Å². The molecular formula is C15H20BrNO2. The Hall–Kier alpha value is -0.710. The van der Waals surface area contributed by atoms with Gasteiger partial charge in [-0.1, -0.05) is 46.3 Å². The molecule has 0 saturated carbocycles. The zero-order valence-electron chi connectivity index (χ0n) is 11.0. The summed E-state index contributed by atoms with van der Waals surface area (Å²) in [4.78, 5) is 13.5. The molecule has 4 heteroatoms. The second-order valence-electron chi connectivity index (χ2n) is 5.16. The summed E-state index contributed by atoms with van der Waals surface area (Å²) >= 11 is 3.18. The Labute approximate surface area is 122 Å². The standard InChI is InChI=1S/C15H20BrNO2/c16-12-14(18)6-9-17-10-7-15(19,8-11-17)13-4-2-1-3-5-13/h1-5,19H,6-12H2. The summed E-state index contributed by atoms with van der Waals surface area (Å²) in [6.07, 6.45) is 2.06. The molecule has 0 amide bonds. The average molecular weight is 326 g/mol. The molecule has 0 atom stereocenters. The molecule has 0 aliphatic carbocycles. The van der Waals surface area contributed by atoms with Crippen LogP contribution in [0.3, 0.4) is 0 Å². The molecule has 19 heavy (non-hydrogen) atoms. The number of carbonyl (C=O) groups is 1. The Morgan fingerprint density at radius 1 is 1.26 bits per heavy atom. The van der Waals surface area contributed by atoms with Gasteiger partial charge in [0.05, 0.1) is 10.9 Å². The van der Waals surface area contributed by atoms with Crippen molar-refractivity contribution in [3.05, 3.63) is 35.9 Å². The van der Waals surface area contributed by atoms with Crippen molar-refractivity contribution in [1.29, 1.82) is 0 Å². The first kappa shape index (κ1) is 14.7. The van der Waals surface area contributed by atoms with Crippen molar-refractivity contribution in [2.24, 2.45) is 0 Å². The van der Waals surface area contributed by atoms with Crippen LogP contribution >= 0.6 is 15.9 Å². The summed E-state index contributed by atoms with van der Waals surface area (Å²) in [5, 5.41) is 11.1. The van der Waals surface area contributed by atoms with Gasteiger partial charge in [0.1, 0.15) is 5.78 Å². The molecule has 0 bridgehead atoms. The highest BCUT2D eigenvalue weighted by Gasteiger charge is 2.33. The van der Waals surface area contributed by atoms with E-state index >= 15 is 0 Å². The van der Waals surface area contributed by atoms with Gasteiger partial charge >= 0.3 is 0 Å². The first-order valence-corrected chi connectivity index (χ1v) is 7.84. The number of rotatable bonds is 5. The molecule has 1 N–H and O–H groups in total. The third kappa shape index (κ3) is 3.88. The van der Waals surface area contributed by atoms with E-state index in [0.29, 0.717) is 11.8 Å². The lowest BCUT2D eigenvalue weighted by Crippen LogP contribution is -2.43. The summed E-state index contributed by atoms with van der Waals surface area (Å²) < 4.78 is 0. The summed E-state index contributed by atoms with van der Waals surface area (Å²) in [6, 6.07) is 9.88. The third-order valence-corrected chi connectivity index (χ3v) is 4.48. The van der Waals surface area contributed by atoms with Crippen molar-refractivity contribution < 1.29 is 9.90 Å². The van der Waals surface area contributed by atoms with Crippen molar-refractivity contribution in [2.45, 2.75) is 24.9 Å². The fourth-order valence-corrected chi connectivity index (χ4v) is 2.81. The molecule has 1 aromatic carbocycles. The predicted molar refractivity (Wildman–Crippen MR) is 79.4 cm³/mol. The van der Waals surface area contributed by atoms with Crippen LogP contribution in [0.5, 0.6) is 0 Å². The van der Waals surface area contributed by atoms with Gasteiger partial charge in [-0.2, -0.15) is 0 Å². The van der Waals surface area contributed by atoms with Crippen LogP contribution in [0.25, 0.3) is 0 Å². The van der Waals surface area contributed by atoms with Gasteiger partial charge in [0.15, 0.2) is 0 Å². The maximum Gasteiger partial charge on any atom is 0.144 e. The minimum absolute atomic E-state index is 0.240. The Bertz CT molecular complexity index is 413. The average Bonchev–Trinajstić information content (AvgIpc) is 2.47. The highest BCUT2D eigenvalue weighted by Crippen LogP contribution is 2.32. The number of halogens is 1. The molecule has 0 aromatic heterocycles. The zero-order chi connectivity index (χ0) is 13.7. The zero-order valence-corrected chi connectivity index (χ0v) is 12.6. The minimum atomic E-state index is -0.697. The predicted octanol–water partition coefficient (Wildman–Crippen LogP) is 2.32. The number of ketones is 1. The summed E-state index contributed by atoms with van der Waals surface area (Å²) in [6.45, 7) is 2.50. The molecular weight excluding hydrogens is 306 g/mol. The molecule has 0 unspecified atom stereocenters. The SMILES string of the molecule is O=C(CBr)CCN1CCC(O)(c2ccccc2)CC1. The van der Waals surface area contributed by atoms with Gasteiger partial charge < -0.3 is 10.0 Å². The molecule has 1 saturated heterocycles. The minimum Gasteiger partial charge on any atom is -0.385 e. The Balaban J connectivity index is 1.87. The van der Waals surface area contributed by atoms with Crippen LogP contribution in [-0.4, -0.2) is 40.8 Å². The van der Waals surface area contributed by atoms with Gasteiger partial charge in [-0.3, -0.25) is 4.79 Å². The fraction of sp³-hybridized carbons (Fsp3) is 0.533. The van der Waals surface area contributed by atoms with Gasteiger partial charge in [-0.25, -0.2) is 0 Å². The lowest BCUT2D eigenvalue weighted by atomic mass is 9.84. The van der Waals surface area contributed by atoms with E-state index < -0.39 is 5.60 Å². The van der Waals surface area contributed by atoms with Crippen LogP contribution in [0.4, 0.5) is 0 Å². The van der Waals surface area contributed by atoms with Gasteiger partial charge in [-0.05, 0) is 18.4 Å². The van der Waals surface area contributed by atoms with Gasteiger partial charge in [-0.15, -0.1) is 0 Å². The topological polar surface area (TPSA) is 40.5 Å². The van der Waals surface area contributed by atoms with Gasteiger partial charge in [0, 0.05) is 26.1 Å². The van der Waals surface area contributed by atoms with E-state index in [1.807, 2.05) is 30.3 Å². The normalized spacial score (nSPS) is 19.3. The number of hydrogen-bond donors (Lipinski definition) is 1. The second-order valence-corrected chi connectivity index (χ2v) is 5.72. The molecule has 1 fully saturated rings. The lowest BCUT2D eigenvalue weighted by molar-refractivity contribution is -0.117. The molecule has 3 nitrogen and oxygen atoms in total. The Morgan fingerprint density at radius 3 is 2.47 bits per heavy atom. The number of benzene rings is 1. The van der Waals surface area contributed by atoms with Crippen molar-refractivity contribution >= 4 is 21.7 Å². The summed E-state index contributed by atoms with van der Waals surface area (Å²) in [7, 11) is 0. The Morgan fingerprint density at radius 2 is 1.89 bits per heavy atom. The first-order chi connectivity index (χ1) is 9.14. The molecule has 0 spiro atoms. The molecule has 1 aromatic rings. The fourth-order valence-electron chi connectivity index (χ4n) is 2.53. The number of likely N-dealkylation sites (tertiary alicyclic amines) is 1. The van der Waals surface area contributed by atoms with Crippen LogP contribution in [0, 0.1) is 0 Å². The number of aliphatic hydroxyl groups is 1. The number of carbonyl (C=O) groups excluding carboxylic acids is 1. The summed E-state index contributed by atoms with van der Waals surface area (Å²) in [5.74, 6) is 0.240. The maximum absolute atomic E-state index is 11.3. The second kappa shape index (κ2) is 6.64. The van der Waals surface area contributed by atoms with Gasteiger partial charge in [0.2, 0.25) is 0 Å². The van der Waals surface area contributed by atoms with Crippen molar-refractivity contribution in [3.8, 4) is 0 Å². The summed E-state index contributed by atoms with van der Waals surface area (Å²) in [5.41, 5.74) is 0.308. The monoisotopic (exact) mass is 325 g/mol. The number of nitrogens with zero attached hydrogens (tertiary/aromatic N) is 1. The number of piperidine rings is 1. The van der Waals surface area contributed by atoms with Crippen LogP contribution in [0.2, 0.25) is 0 Å². The molecule has 1 aliphatic rings. The molecule has 2 rings (SSSR count). The van der Waals surface area contributed by atoms with E-state index in [1.165, 1.54) is 0 Å². The largest absolute Gasteiger partial charge is 0.385 e. The number of alkyl halides is 1. The number of hydrogen-bond acceptors (Lipinski definition) is 3. The third-order valence-electron chi connectivity index (χ3n) is 3.85. The molecule has 0 radical (unpaired) electrons. The molecule has 104 valence electrons. The van der Waals surface area contributed by atoms with E-state index in [4.69, 9.17) is 0 Å². The van der Waals surface area contributed by atoms with Crippen molar-refractivity contribution in [2.75, 3.05) is 25.0 Å². The van der Waals surface area contributed by atoms with E-state index in [0.717, 1.165) is 38.0 Å². The van der Waals surface area contributed by atoms with Crippen LogP contribution in [0.15, 0.2) is 30.3 Å². The smallest absolute Gasteiger partial charge is 0.144 e. The first-order valence-electron chi connectivity index (χ1n) is 6.72. The lowest BCUT2D eigenvalue weighted by Gasteiger charge is -2.38. The molecule has 1 heterocycles. The van der Waals surface area contributed by atoms with Crippen molar-refractivity contribution in [1.82, 2.24) is 4.90 Å². The van der Waals surface area contributed by atoms with E-state index in [2.05, 4.69) is 20.8 Å². The highest BCUT2D eigenvalue weighted by atomic mass is 79.9. The van der Waals surface area contributed by atoms with Crippen molar-refractivity contribution in [3.63, 3.8) is 0 Å². The number of Topliss-reactive ketones (excluding diaryl/α,β-unsaturated/α-hetero) is 1. The van der Waals surface area contributed by atoms with Crippen LogP contribution in [0.1, 0.15) is 24.8 Å². The highest BCUT2D eigenvalue weighted by molar-refractivity contribution is 9.09. The van der Waals surface area contributed by atoms with Gasteiger partial charge in [0.25, 0.3) is 0 Å². The van der Waals surface area contributed by atoms with Crippen LogP contribution in [-0.2, 0) is 10.4 Å². The van der Waals surface area contributed by atoms with E-state index in [-0.39, 0.29) is 5.78 Å². The quantitative estimate of drug-likeness (QED) is 0.845. The van der Waals surface area contributed by atoms with E-state index in [9.17, 15) is 9.90 Å². The van der Waals surface area contributed by atoms with E-state index in [1.54, 1.807) is 0 Å². The maximum atomic E-state index is 11.3. The Kier molecular flexibility index (Phi) is 5.13. The molecule has 1 aliphatic heterocycles.